The Morgan fingerprint density at radius 1 is 1.33 bits per heavy atom. The normalized spacial score (nSPS) is 28.7. The molecular weight excluding hydrogens is 274 g/mol. The van der Waals surface area contributed by atoms with E-state index in [-0.39, 0.29) is 36.3 Å². The Morgan fingerprint density at radius 3 is 2.95 bits per heavy atom. The molecule has 21 heavy (non-hydrogen) atoms. The van der Waals surface area contributed by atoms with Crippen molar-refractivity contribution in [3.63, 3.8) is 0 Å². The molecule has 3 rings (SSSR count). The molecule has 1 saturated carbocycles. The summed E-state index contributed by atoms with van der Waals surface area (Å²) in [7, 11) is 0. The number of carbonyl (C=O) groups is 1. The highest BCUT2D eigenvalue weighted by molar-refractivity contribution is 5.75. The van der Waals surface area contributed by atoms with Crippen LogP contribution in [0.4, 0.5) is 0 Å². The molecule has 2 aliphatic rings. The largest absolute Gasteiger partial charge is 0.373 e. The zero-order valence-electron chi connectivity index (χ0n) is 11.7. The van der Waals surface area contributed by atoms with E-state index in [9.17, 15) is 9.59 Å². The van der Waals surface area contributed by atoms with Crippen LogP contribution in [0.5, 0.6) is 0 Å². The molecule has 1 aliphatic heterocycles. The van der Waals surface area contributed by atoms with Crippen LogP contribution in [0.25, 0.3) is 0 Å². The van der Waals surface area contributed by atoms with Gasteiger partial charge in [-0.1, -0.05) is 0 Å². The number of aromatic nitrogens is 2. The molecule has 1 aromatic heterocycles. The number of amides is 1. The second-order valence-corrected chi connectivity index (χ2v) is 5.42. The van der Waals surface area contributed by atoms with E-state index in [4.69, 9.17) is 9.47 Å². The molecule has 7 nitrogen and oxygen atoms in total. The molecule has 114 valence electrons. The van der Waals surface area contributed by atoms with E-state index in [0.717, 1.165) is 23.9 Å². The molecular formula is C14H19N3O4. The highest BCUT2D eigenvalue weighted by Crippen LogP contribution is 2.26. The van der Waals surface area contributed by atoms with Crippen molar-refractivity contribution in [3.8, 4) is 0 Å². The Bertz CT molecular complexity index is 559. The second-order valence-electron chi connectivity index (χ2n) is 5.42. The van der Waals surface area contributed by atoms with Gasteiger partial charge in [0.1, 0.15) is 6.54 Å². The molecule has 1 aromatic rings. The first-order valence-electron chi connectivity index (χ1n) is 7.27. The van der Waals surface area contributed by atoms with Crippen molar-refractivity contribution in [1.82, 2.24) is 15.1 Å². The van der Waals surface area contributed by atoms with Gasteiger partial charge in [0.15, 0.2) is 0 Å². The van der Waals surface area contributed by atoms with E-state index in [2.05, 4.69) is 10.4 Å². The third-order valence-corrected chi connectivity index (χ3v) is 3.92. The Morgan fingerprint density at radius 2 is 2.14 bits per heavy atom. The summed E-state index contributed by atoms with van der Waals surface area (Å²) in [5, 5.41) is 6.83. The molecule has 0 radical (unpaired) electrons. The molecule has 1 N–H and O–H groups in total. The van der Waals surface area contributed by atoms with E-state index in [0.29, 0.717) is 13.2 Å². The lowest BCUT2D eigenvalue weighted by molar-refractivity contribution is -0.158. The lowest BCUT2D eigenvalue weighted by atomic mass is 9.89. The average molecular weight is 293 g/mol. The summed E-state index contributed by atoms with van der Waals surface area (Å²) in [6, 6.07) is 3.01. The predicted molar refractivity (Wildman–Crippen MR) is 73.8 cm³/mol. The van der Waals surface area contributed by atoms with Crippen molar-refractivity contribution in [2.24, 2.45) is 0 Å². The maximum absolute atomic E-state index is 12.0. The third-order valence-electron chi connectivity index (χ3n) is 3.92. The van der Waals surface area contributed by atoms with Gasteiger partial charge < -0.3 is 14.8 Å². The van der Waals surface area contributed by atoms with E-state index >= 15 is 0 Å². The molecule has 0 spiro atoms. The van der Waals surface area contributed by atoms with Crippen LogP contribution in [0.2, 0.25) is 0 Å². The van der Waals surface area contributed by atoms with Crippen LogP contribution in [-0.2, 0) is 20.8 Å². The fourth-order valence-electron chi connectivity index (χ4n) is 2.91. The second kappa shape index (κ2) is 6.36. The van der Waals surface area contributed by atoms with Gasteiger partial charge in [0.2, 0.25) is 5.91 Å². The lowest BCUT2D eigenvalue weighted by Crippen LogP contribution is -2.50. The molecule has 1 saturated heterocycles. The van der Waals surface area contributed by atoms with Gasteiger partial charge >= 0.3 is 0 Å². The van der Waals surface area contributed by atoms with Crippen LogP contribution in [0.15, 0.2) is 23.1 Å². The van der Waals surface area contributed by atoms with Crippen molar-refractivity contribution < 1.29 is 14.3 Å². The Labute approximate surface area is 122 Å². The zero-order chi connectivity index (χ0) is 14.7. The Hall–Kier alpha value is -1.73. The fourth-order valence-corrected chi connectivity index (χ4v) is 2.91. The van der Waals surface area contributed by atoms with Crippen molar-refractivity contribution in [1.29, 1.82) is 0 Å². The zero-order valence-corrected chi connectivity index (χ0v) is 11.7. The molecule has 3 atom stereocenters. The van der Waals surface area contributed by atoms with Crippen molar-refractivity contribution in [2.75, 3.05) is 13.2 Å². The van der Waals surface area contributed by atoms with E-state index in [1.165, 1.54) is 12.3 Å². The first-order valence-corrected chi connectivity index (χ1v) is 7.27. The molecule has 0 bridgehead atoms. The number of fused-ring (bicyclic) bond motifs is 1. The van der Waals surface area contributed by atoms with Gasteiger partial charge in [-0.15, -0.1) is 0 Å². The van der Waals surface area contributed by atoms with Crippen molar-refractivity contribution >= 4 is 5.91 Å². The van der Waals surface area contributed by atoms with Gasteiger partial charge in [-0.3, -0.25) is 9.59 Å². The standard InChI is InChI=1S/C14H19N3O4/c18-13(9-17-14(19)2-1-5-15-17)16-10-3-4-11-12(8-10)21-7-6-20-11/h1-2,5,10-12H,3-4,6-9H2,(H,16,18). The van der Waals surface area contributed by atoms with Gasteiger partial charge in [0, 0.05) is 18.3 Å². The summed E-state index contributed by atoms with van der Waals surface area (Å²) < 4.78 is 12.5. The topological polar surface area (TPSA) is 82.5 Å². The van der Waals surface area contributed by atoms with Crippen LogP contribution in [-0.4, -0.2) is 47.2 Å². The molecule has 1 aliphatic carbocycles. The summed E-state index contributed by atoms with van der Waals surface area (Å²) in [6.07, 6.45) is 4.23. The number of hydrogen-bond donors (Lipinski definition) is 1. The maximum Gasteiger partial charge on any atom is 0.267 e. The van der Waals surface area contributed by atoms with Gasteiger partial charge in [-0.2, -0.15) is 5.10 Å². The predicted octanol–water partition coefficient (Wildman–Crippen LogP) is -0.304. The third kappa shape index (κ3) is 3.48. The van der Waals surface area contributed by atoms with Gasteiger partial charge in [0.05, 0.1) is 25.4 Å². The maximum atomic E-state index is 12.0. The molecule has 3 unspecified atom stereocenters. The smallest absolute Gasteiger partial charge is 0.267 e. The first kappa shape index (κ1) is 14.2. The summed E-state index contributed by atoms with van der Waals surface area (Å²) >= 11 is 0. The molecule has 2 fully saturated rings. The molecule has 0 aromatic carbocycles. The number of carbonyl (C=O) groups excluding carboxylic acids is 1. The van der Waals surface area contributed by atoms with Crippen LogP contribution in [0.1, 0.15) is 19.3 Å². The molecule has 1 amide bonds. The summed E-state index contributed by atoms with van der Waals surface area (Å²) in [5.41, 5.74) is -0.277. The summed E-state index contributed by atoms with van der Waals surface area (Å²) in [6.45, 7) is 1.22. The number of rotatable bonds is 3. The van der Waals surface area contributed by atoms with Crippen molar-refractivity contribution in [2.45, 2.75) is 44.1 Å². The lowest BCUT2D eigenvalue weighted by Gasteiger charge is -2.39. The van der Waals surface area contributed by atoms with Crippen LogP contribution in [0, 0.1) is 0 Å². The number of nitrogens with one attached hydrogen (secondary N) is 1. The van der Waals surface area contributed by atoms with Gasteiger partial charge in [-0.05, 0) is 25.3 Å². The highest BCUT2D eigenvalue weighted by atomic mass is 16.6. The molecule has 7 heteroatoms. The summed E-state index contributed by atoms with van der Waals surface area (Å²) in [5.74, 6) is -0.198. The van der Waals surface area contributed by atoms with Gasteiger partial charge in [-0.25, -0.2) is 4.68 Å². The highest BCUT2D eigenvalue weighted by Gasteiger charge is 2.34. The average Bonchev–Trinajstić information content (AvgIpc) is 2.49. The van der Waals surface area contributed by atoms with E-state index in [1.54, 1.807) is 6.07 Å². The minimum atomic E-state index is -0.277. The van der Waals surface area contributed by atoms with Crippen LogP contribution < -0.4 is 10.9 Å². The van der Waals surface area contributed by atoms with E-state index < -0.39 is 0 Å². The number of ether oxygens (including phenoxy) is 2. The van der Waals surface area contributed by atoms with Crippen molar-refractivity contribution in [3.05, 3.63) is 28.7 Å². The van der Waals surface area contributed by atoms with Crippen LogP contribution >= 0.6 is 0 Å². The minimum absolute atomic E-state index is 0.0539. The SMILES string of the molecule is O=C(Cn1ncccc1=O)NC1CCC2OCCOC2C1. The summed E-state index contributed by atoms with van der Waals surface area (Å²) in [4.78, 5) is 23.5. The monoisotopic (exact) mass is 293 g/mol. The first-order chi connectivity index (χ1) is 10.2. The van der Waals surface area contributed by atoms with Crippen LogP contribution in [0.3, 0.4) is 0 Å². The Kier molecular flexibility index (Phi) is 4.31. The number of hydrogen-bond acceptors (Lipinski definition) is 5. The fraction of sp³-hybridized carbons (Fsp3) is 0.643. The molecule has 2 heterocycles. The quantitative estimate of drug-likeness (QED) is 0.827. The number of nitrogens with zero attached hydrogens (tertiary/aromatic N) is 2. The van der Waals surface area contributed by atoms with E-state index in [1.807, 2.05) is 0 Å². The van der Waals surface area contributed by atoms with Gasteiger partial charge in [0.25, 0.3) is 5.56 Å². The minimum Gasteiger partial charge on any atom is -0.373 e. The Balaban J connectivity index is 1.53.